The smallest absolute Gasteiger partial charge is 0.267 e. The van der Waals surface area contributed by atoms with E-state index in [1.54, 1.807) is 7.11 Å². The lowest BCUT2D eigenvalue weighted by Crippen LogP contribution is -2.40. The van der Waals surface area contributed by atoms with Crippen molar-refractivity contribution in [1.29, 1.82) is 0 Å². The summed E-state index contributed by atoms with van der Waals surface area (Å²) < 4.78 is 5.34. The standard InChI is InChI=1S/C27H26N2O2S/c1-31-24-13-7-8-19(16-24)17-25-26(30)29(23-11-3-2-4-12-23)27(32-25)28-22-15-14-20-9-5-6-10-21(20)18-22/h5-10,13-18,23H,2-4,11-12H2,1H3/b25-17-,28-27?. The zero-order valence-corrected chi connectivity index (χ0v) is 19.0. The van der Waals surface area contributed by atoms with Gasteiger partial charge in [-0.15, -0.1) is 0 Å². The Labute approximate surface area is 193 Å². The fourth-order valence-corrected chi connectivity index (χ4v) is 5.52. The van der Waals surface area contributed by atoms with Gasteiger partial charge in [-0.1, -0.05) is 61.7 Å². The Morgan fingerprint density at radius 2 is 1.78 bits per heavy atom. The lowest BCUT2D eigenvalue weighted by atomic mass is 9.94. The predicted octanol–water partition coefficient (Wildman–Crippen LogP) is 6.79. The van der Waals surface area contributed by atoms with Gasteiger partial charge in [-0.2, -0.15) is 0 Å². The van der Waals surface area contributed by atoms with Gasteiger partial charge in [0, 0.05) is 6.04 Å². The van der Waals surface area contributed by atoms with E-state index in [9.17, 15) is 4.79 Å². The summed E-state index contributed by atoms with van der Waals surface area (Å²) in [7, 11) is 1.65. The van der Waals surface area contributed by atoms with Crippen molar-refractivity contribution in [2.45, 2.75) is 38.1 Å². The van der Waals surface area contributed by atoms with Crippen molar-refractivity contribution in [2.24, 2.45) is 4.99 Å². The van der Waals surface area contributed by atoms with Crippen molar-refractivity contribution in [1.82, 2.24) is 4.90 Å². The van der Waals surface area contributed by atoms with E-state index in [0.717, 1.165) is 53.2 Å². The number of nitrogens with zero attached hydrogens (tertiary/aromatic N) is 2. The number of ether oxygens (including phenoxy) is 1. The van der Waals surface area contributed by atoms with Crippen LogP contribution in [0.4, 0.5) is 5.69 Å². The third-order valence-corrected chi connectivity index (χ3v) is 7.11. The molecule has 0 bridgehead atoms. The van der Waals surface area contributed by atoms with Crippen LogP contribution in [-0.2, 0) is 4.79 Å². The number of thioether (sulfide) groups is 1. The molecular weight excluding hydrogens is 416 g/mol. The summed E-state index contributed by atoms with van der Waals surface area (Å²) in [5, 5.41) is 3.13. The molecule has 3 aromatic carbocycles. The van der Waals surface area contributed by atoms with Crippen molar-refractivity contribution >= 4 is 45.4 Å². The minimum absolute atomic E-state index is 0.0595. The second-order valence-electron chi connectivity index (χ2n) is 8.28. The van der Waals surface area contributed by atoms with Crippen molar-refractivity contribution in [3.63, 3.8) is 0 Å². The number of hydrogen-bond acceptors (Lipinski definition) is 4. The first kappa shape index (κ1) is 20.8. The van der Waals surface area contributed by atoms with Gasteiger partial charge in [0.25, 0.3) is 5.91 Å². The van der Waals surface area contributed by atoms with Crippen molar-refractivity contribution in [2.75, 3.05) is 7.11 Å². The van der Waals surface area contributed by atoms with Gasteiger partial charge >= 0.3 is 0 Å². The average Bonchev–Trinajstić information content (AvgIpc) is 3.14. The third kappa shape index (κ3) is 4.30. The molecule has 0 unspecified atom stereocenters. The molecule has 2 aliphatic rings. The molecule has 1 amide bonds. The molecule has 0 N–H and O–H groups in total. The van der Waals surface area contributed by atoms with E-state index < -0.39 is 0 Å². The molecule has 4 nitrogen and oxygen atoms in total. The second kappa shape index (κ2) is 9.21. The quantitative estimate of drug-likeness (QED) is 0.418. The minimum Gasteiger partial charge on any atom is -0.497 e. The molecule has 162 valence electrons. The number of benzene rings is 3. The van der Waals surface area contributed by atoms with E-state index >= 15 is 0 Å². The number of amides is 1. The van der Waals surface area contributed by atoms with E-state index in [1.807, 2.05) is 53.4 Å². The normalized spacial score (nSPS) is 19.9. The summed E-state index contributed by atoms with van der Waals surface area (Å²) in [6.07, 6.45) is 7.60. The van der Waals surface area contributed by atoms with Gasteiger partial charge in [0.2, 0.25) is 0 Å². The maximum atomic E-state index is 13.5. The first-order chi connectivity index (χ1) is 15.7. The maximum absolute atomic E-state index is 13.5. The Morgan fingerprint density at radius 1 is 0.969 bits per heavy atom. The summed E-state index contributed by atoms with van der Waals surface area (Å²) in [5.41, 5.74) is 1.83. The molecule has 1 heterocycles. The number of hydrogen-bond donors (Lipinski definition) is 0. The van der Waals surface area contributed by atoms with E-state index in [4.69, 9.17) is 9.73 Å². The molecule has 0 spiro atoms. The highest BCUT2D eigenvalue weighted by Crippen LogP contribution is 2.39. The van der Waals surface area contributed by atoms with Crippen LogP contribution in [0.15, 0.2) is 76.6 Å². The number of carbonyl (C=O) groups is 1. The van der Waals surface area contributed by atoms with E-state index in [1.165, 1.54) is 23.6 Å². The second-order valence-corrected chi connectivity index (χ2v) is 9.29. The minimum atomic E-state index is 0.0595. The van der Waals surface area contributed by atoms with Crippen LogP contribution in [-0.4, -0.2) is 29.1 Å². The summed E-state index contributed by atoms with van der Waals surface area (Å²) in [6, 6.07) is 22.5. The van der Waals surface area contributed by atoms with Crippen LogP contribution < -0.4 is 4.74 Å². The molecule has 0 atom stereocenters. The van der Waals surface area contributed by atoms with Crippen LogP contribution in [0, 0.1) is 0 Å². The predicted molar refractivity (Wildman–Crippen MR) is 133 cm³/mol. The van der Waals surface area contributed by atoms with Crippen LogP contribution in [0.2, 0.25) is 0 Å². The van der Waals surface area contributed by atoms with Gasteiger partial charge in [-0.3, -0.25) is 9.69 Å². The summed E-state index contributed by atoms with van der Waals surface area (Å²) in [4.78, 5) is 21.1. The zero-order valence-electron chi connectivity index (χ0n) is 18.2. The van der Waals surface area contributed by atoms with E-state index in [0.29, 0.717) is 4.91 Å². The molecule has 5 rings (SSSR count). The molecule has 3 aromatic rings. The van der Waals surface area contributed by atoms with Gasteiger partial charge in [0.05, 0.1) is 17.7 Å². The van der Waals surface area contributed by atoms with Crippen molar-refractivity contribution in [3.8, 4) is 5.75 Å². The first-order valence-electron chi connectivity index (χ1n) is 11.2. The molecule has 32 heavy (non-hydrogen) atoms. The van der Waals surface area contributed by atoms with Crippen LogP contribution in [0.3, 0.4) is 0 Å². The lowest BCUT2D eigenvalue weighted by Gasteiger charge is -2.30. The highest BCUT2D eigenvalue weighted by atomic mass is 32.2. The topological polar surface area (TPSA) is 41.9 Å². The Bertz CT molecular complexity index is 1210. The maximum Gasteiger partial charge on any atom is 0.267 e. The summed E-state index contributed by atoms with van der Waals surface area (Å²) >= 11 is 1.48. The molecular formula is C27H26N2O2S. The number of methoxy groups -OCH3 is 1. The van der Waals surface area contributed by atoms with Crippen LogP contribution >= 0.6 is 11.8 Å². The first-order valence-corrected chi connectivity index (χ1v) is 12.0. The molecule has 2 fully saturated rings. The van der Waals surface area contributed by atoms with E-state index in [-0.39, 0.29) is 11.9 Å². The van der Waals surface area contributed by atoms with Crippen LogP contribution in [0.5, 0.6) is 5.75 Å². The molecule has 0 aromatic heterocycles. The van der Waals surface area contributed by atoms with E-state index in [2.05, 4.69) is 24.3 Å². The van der Waals surface area contributed by atoms with Crippen molar-refractivity contribution < 1.29 is 9.53 Å². The lowest BCUT2D eigenvalue weighted by molar-refractivity contribution is -0.124. The Morgan fingerprint density at radius 3 is 2.59 bits per heavy atom. The Hall–Kier alpha value is -3.05. The number of rotatable bonds is 4. The Kier molecular flexibility index (Phi) is 5.99. The number of carbonyl (C=O) groups excluding carboxylic acids is 1. The highest BCUT2D eigenvalue weighted by Gasteiger charge is 2.38. The summed E-state index contributed by atoms with van der Waals surface area (Å²) in [6.45, 7) is 0. The fraction of sp³-hybridized carbons (Fsp3) is 0.259. The molecule has 0 radical (unpaired) electrons. The number of aliphatic imine (C=N–C) groups is 1. The van der Waals surface area contributed by atoms with Crippen molar-refractivity contribution in [3.05, 3.63) is 77.2 Å². The van der Waals surface area contributed by atoms with Gasteiger partial charge < -0.3 is 4.74 Å². The van der Waals surface area contributed by atoms with Gasteiger partial charge in [-0.25, -0.2) is 4.99 Å². The third-order valence-electron chi connectivity index (χ3n) is 6.13. The van der Waals surface area contributed by atoms with Crippen LogP contribution in [0.25, 0.3) is 16.8 Å². The number of amidine groups is 1. The van der Waals surface area contributed by atoms with Gasteiger partial charge in [-0.05, 0) is 71.3 Å². The van der Waals surface area contributed by atoms with Gasteiger partial charge in [0.1, 0.15) is 5.75 Å². The zero-order chi connectivity index (χ0) is 21.9. The van der Waals surface area contributed by atoms with Gasteiger partial charge in [0.15, 0.2) is 5.17 Å². The largest absolute Gasteiger partial charge is 0.497 e. The molecule has 1 saturated heterocycles. The van der Waals surface area contributed by atoms with Crippen LogP contribution in [0.1, 0.15) is 37.7 Å². The summed E-state index contributed by atoms with van der Waals surface area (Å²) in [5.74, 6) is 0.841. The molecule has 5 heteroatoms. The monoisotopic (exact) mass is 442 g/mol. The molecule has 1 aliphatic carbocycles. The average molecular weight is 443 g/mol. The molecule has 1 aliphatic heterocycles. The SMILES string of the molecule is COc1cccc(/C=C2\SC(=Nc3ccc4ccccc4c3)N(C3CCCCC3)C2=O)c1. The highest BCUT2D eigenvalue weighted by molar-refractivity contribution is 8.18. The Balaban J connectivity index is 1.52. The fourth-order valence-electron chi connectivity index (χ4n) is 4.47. The number of fused-ring (bicyclic) bond motifs is 1. The molecule has 1 saturated carbocycles.